The number of amides is 1. The monoisotopic (exact) mass is 313 g/mol. The summed E-state index contributed by atoms with van der Waals surface area (Å²) in [5, 5.41) is 3.30. The van der Waals surface area contributed by atoms with E-state index < -0.39 is 22.0 Å². The first kappa shape index (κ1) is 17.6. The van der Waals surface area contributed by atoms with Crippen LogP contribution >= 0.6 is 0 Å². The lowest BCUT2D eigenvalue weighted by molar-refractivity contribution is -0.119. The quantitative estimate of drug-likeness (QED) is 0.663. The predicted molar refractivity (Wildman–Crippen MR) is 82.1 cm³/mol. The number of rotatable bonds is 8. The molecule has 1 amide bonds. The fourth-order valence-electron chi connectivity index (χ4n) is 1.79. The van der Waals surface area contributed by atoms with Gasteiger partial charge < -0.3 is 11.1 Å². The minimum atomic E-state index is -3.76. The number of benzene rings is 1. The van der Waals surface area contributed by atoms with Crippen molar-refractivity contribution in [1.82, 2.24) is 10.0 Å². The molecule has 6 nitrogen and oxygen atoms in total. The van der Waals surface area contributed by atoms with Crippen LogP contribution in [0.4, 0.5) is 0 Å². The Hall–Kier alpha value is -1.44. The largest absolute Gasteiger partial charge is 0.368 e. The molecule has 0 aliphatic heterocycles. The van der Waals surface area contributed by atoms with E-state index in [1.807, 2.05) is 13.0 Å². The molecule has 1 aromatic rings. The van der Waals surface area contributed by atoms with Gasteiger partial charge in [-0.05, 0) is 44.5 Å². The highest BCUT2D eigenvalue weighted by atomic mass is 32.2. The summed E-state index contributed by atoms with van der Waals surface area (Å²) in [6.45, 7) is 6.31. The Morgan fingerprint density at radius 1 is 1.33 bits per heavy atom. The second kappa shape index (κ2) is 7.53. The molecule has 1 aromatic carbocycles. The molecule has 0 spiro atoms. The molecule has 2 unspecified atom stereocenters. The molecule has 0 aliphatic rings. The molecule has 0 saturated carbocycles. The molecule has 2 atom stereocenters. The Morgan fingerprint density at radius 3 is 2.57 bits per heavy atom. The van der Waals surface area contributed by atoms with E-state index in [1.54, 1.807) is 12.1 Å². The summed E-state index contributed by atoms with van der Waals surface area (Å²) in [5.74, 6) is -0.715. The minimum absolute atomic E-state index is 0.0497. The summed E-state index contributed by atoms with van der Waals surface area (Å²) in [6.07, 6.45) is 1.00. The van der Waals surface area contributed by atoms with Crippen LogP contribution in [0.1, 0.15) is 38.8 Å². The summed E-state index contributed by atoms with van der Waals surface area (Å²) < 4.78 is 26.7. The summed E-state index contributed by atoms with van der Waals surface area (Å²) in [4.78, 5) is 11.1. The van der Waals surface area contributed by atoms with Crippen molar-refractivity contribution in [3.63, 3.8) is 0 Å². The van der Waals surface area contributed by atoms with Crippen LogP contribution in [0.3, 0.4) is 0 Å². The Bertz CT molecular complexity index is 587. The minimum Gasteiger partial charge on any atom is -0.368 e. The molecule has 0 saturated heterocycles. The van der Waals surface area contributed by atoms with E-state index in [4.69, 9.17) is 5.73 Å². The molecule has 0 fully saturated rings. The van der Waals surface area contributed by atoms with Crippen molar-refractivity contribution in [3.8, 4) is 0 Å². The van der Waals surface area contributed by atoms with Gasteiger partial charge in [-0.15, -0.1) is 0 Å². The van der Waals surface area contributed by atoms with Gasteiger partial charge in [-0.25, -0.2) is 8.42 Å². The molecule has 0 radical (unpaired) electrons. The van der Waals surface area contributed by atoms with Gasteiger partial charge in [0, 0.05) is 6.04 Å². The number of sulfonamides is 1. The SMILES string of the molecule is CCCNC(C)c1cccc(S(=O)(=O)NC(C)C(N)=O)c1. The van der Waals surface area contributed by atoms with Crippen LogP contribution in [-0.4, -0.2) is 26.9 Å². The van der Waals surface area contributed by atoms with Gasteiger partial charge in [0.2, 0.25) is 15.9 Å². The maximum absolute atomic E-state index is 12.2. The van der Waals surface area contributed by atoms with Crippen molar-refractivity contribution in [1.29, 1.82) is 0 Å². The highest BCUT2D eigenvalue weighted by Gasteiger charge is 2.21. The molecule has 0 heterocycles. The van der Waals surface area contributed by atoms with Crippen molar-refractivity contribution in [2.45, 2.75) is 44.2 Å². The molecule has 0 aromatic heterocycles. The van der Waals surface area contributed by atoms with Gasteiger partial charge in [-0.1, -0.05) is 19.1 Å². The van der Waals surface area contributed by atoms with Crippen LogP contribution < -0.4 is 15.8 Å². The molecule has 21 heavy (non-hydrogen) atoms. The highest BCUT2D eigenvalue weighted by molar-refractivity contribution is 7.89. The zero-order valence-electron chi connectivity index (χ0n) is 12.6. The highest BCUT2D eigenvalue weighted by Crippen LogP contribution is 2.17. The van der Waals surface area contributed by atoms with Gasteiger partial charge in [0.15, 0.2) is 0 Å². The molecule has 1 rings (SSSR count). The van der Waals surface area contributed by atoms with E-state index in [1.165, 1.54) is 13.0 Å². The molecular formula is C14H23N3O3S. The smallest absolute Gasteiger partial charge is 0.241 e. The van der Waals surface area contributed by atoms with E-state index >= 15 is 0 Å². The summed E-state index contributed by atoms with van der Waals surface area (Å²) in [5.41, 5.74) is 5.95. The van der Waals surface area contributed by atoms with Gasteiger partial charge in [0.05, 0.1) is 10.9 Å². The van der Waals surface area contributed by atoms with Gasteiger partial charge in [0.1, 0.15) is 0 Å². The van der Waals surface area contributed by atoms with E-state index in [9.17, 15) is 13.2 Å². The zero-order chi connectivity index (χ0) is 16.0. The number of primary amides is 1. The number of hydrogen-bond acceptors (Lipinski definition) is 4. The fraction of sp³-hybridized carbons (Fsp3) is 0.500. The van der Waals surface area contributed by atoms with E-state index in [-0.39, 0.29) is 10.9 Å². The Labute approximate surface area is 126 Å². The van der Waals surface area contributed by atoms with Crippen LogP contribution in [0.15, 0.2) is 29.2 Å². The fourth-order valence-corrected chi connectivity index (χ4v) is 3.06. The van der Waals surface area contributed by atoms with Crippen molar-refractivity contribution < 1.29 is 13.2 Å². The van der Waals surface area contributed by atoms with Crippen molar-refractivity contribution >= 4 is 15.9 Å². The molecule has 4 N–H and O–H groups in total. The maximum atomic E-state index is 12.2. The third kappa shape index (κ3) is 5.11. The first-order valence-electron chi connectivity index (χ1n) is 6.93. The van der Waals surface area contributed by atoms with Crippen LogP contribution in [0, 0.1) is 0 Å². The van der Waals surface area contributed by atoms with E-state index in [0.717, 1.165) is 18.5 Å². The first-order chi connectivity index (χ1) is 9.77. The molecule has 118 valence electrons. The maximum Gasteiger partial charge on any atom is 0.241 e. The number of carbonyl (C=O) groups is 1. The van der Waals surface area contributed by atoms with Crippen LogP contribution in [0.2, 0.25) is 0 Å². The molecule has 0 bridgehead atoms. The van der Waals surface area contributed by atoms with Crippen molar-refractivity contribution in [3.05, 3.63) is 29.8 Å². The second-order valence-electron chi connectivity index (χ2n) is 4.99. The average Bonchev–Trinajstić information content (AvgIpc) is 2.44. The van der Waals surface area contributed by atoms with Crippen LogP contribution in [0.5, 0.6) is 0 Å². The molecule has 7 heteroatoms. The second-order valence-corrected chi connectivity index (χ2v) is 6.71. The Balaban J connectivity index is 2.95. The van der Waals surface area contributed by atoms with E-state index in [2.05, 4.69) is 17.0 Å². The summed E-state index contributed by atoms with van der Waals surface area (Å²) >= 11 is 0. The van der Waals surface area contributed by atoms with E-state index in [0.29, 0.717) is 0 Å². The first-order valence-corrected chi connectivity index (χ1v) is 8.41. The van der Waals surface area contributed by atoms with Gasteiger partial charge in [-0.2, -0.15) is 4.72 Å². The predicted octanol–water partition coefficient (Wildman–Crippen LogP) is 0.899. The van der Waals surface area contributed by atoms with Crippen molar-refractivity contribution in [2.75, 3.05) is 6.54 Å². The topological polar surface area (TPSA) is 101 Å². The Kier molecular flexibility index (Phi) is 6.32. The van der Waals surface area contributed by atoms with Gasteiger partial charge >= 0.3 is 0 Å². The standard InChI is InChI=1S/C14H23N3O3S/c1-4-8-16-10(2)12-6-5-7-13(9-12)21(19,20)17-11(3)14(15)18/h5-7,9-11,16-17H,4,8H2,1-3H3,(H2,15,18). The number of hydrogen-bond donors (Lipinski definition) is 3. The van der Waals surface area contributed by atoms with Crippen LogP contribution in [-0.2, 0) is 14.8 Å². The Morgan fingerprint density at radius 2 is 2.00 bits per heavy atom. The third-order valence-corrected chi connectivity index (χ3v) is 4.67. The third-order valence-electron chi connectivity index (χ3n) is 3.13. The van der Waals surface area contributed by atoms with Gasteiger partial charge in [-0.3, -0.25) is 4.79 Å². The zero-order valence-corrected chi connectivity index (χ0v) is 13.4. The number of nitrogens with one attached hydrogen (secondary N) is 2. The number of carbonyl (C=O) groups excluding carboxylic acids is 1. The molecule has 0 aliphatic carbocycles. The van der Waals surface area contributed by atoms with Gasteiger partial charge in [0.25, 0.3) is 0 Å². The van der Waals surface area contributed by atoms with Crippen LogP contribution in [0.25, 0.3) is 0 Å². The summed E-state index contributed by atoms with van der Waals surface area (Å²) in [7, 11) is -3.76. The molecular weight excluding hydrogens is 290 g/mol. The lowest BCUT2D eigenvalue weighted by Crippen LogP contribution is -2.42. The summed E-state index contributed by atoms with van der Waals surface area (Å²) in [6, 6.07) is 5.74. The number of nitrogens with two attached hydrogens (primary N) is 1. The lowest BCUT2D eigenvalue weighted by Gasteiger charge is -2.16. The average molecular weight is 313 g/mol. The van der Waals surface area contributed by atoms with Crippen molar-refractivity contribution in [2.24, 2.45) is 5.73 Å². The normalized spacial score (nSPS) is 14.6. The lowest BCUT2D eigenvalue weighted by atomic mass is 10.1.